The lowest BCUT2D eigenvalue weighted by Gasteiger charge is -2.26. The molecule has 168 valence electrons. The van der Waals surface area contributed by atoms with Crippen molar-refractivity contribution in [1.29, 1.82) is 0 Å². The average molecular weight is 437 g/mol. The topological polar surface area (TPSA) is 146 Å². The summed E-state index contributed by atoms with van der Waals surface area (Å²) in [7, 11) is 0. The van der Waals surface area contributed by atoms with Crippen LogP contribution in [0.1, 0.15) is 52.9 Å². The van der Waals surface area contributed by atoms with E-state index in [0.29, 0.717) is 33.8 Å². The molecule has 2 aliphatic rings. The second kappa shape index (κ2) is 9.27. The van der Waals surface area contributed by atoms with Crippen LogP contribution in [0.2, 0.25) is 0 Å². The maximum absolute atomic E-state index is 12.6. The average Bonchev–Trinajstić information content (AvgIpc) is 3.29. The van der Waals surface area contributed by atoms with Gasteiger partial charge in [-0.15, -0.1) is 0 Å². The zero-order valence-corrected chi connectivity index (χ0v) is 17.9. The van der Waals surface area contributed by atoms with Gasteiger partial charge in [0.15, 0.2) is 0 Å². The van der Waals surface area contributed by atoms with E-state index in [1.165, 1.54) is 19.3 Å². The van der Waals surface area contributed by atoms with Gasteiger partial charge in [-0.05, 0) is 75.2 Å². The zero-order valence-electron chi connectivity index (χ0n) is 17.9. The van der Waals surface area contributed by atoms with Crippen LogP contribution in [0.4, 0.5) is 16.2 Å². The minimum absolute atomic E-state index is 0.298. The summed E-state index contributed by atoms with van der Waals surface area (Å²) in [4.78, 5) is 41.6. The highest BCUT2D eigenvalue weighted by atomic mass is 16.2. The molecule has 3 heterocycles. The molecule has 0 aliphatic carbocycles. The quantitative estimate of drug-likeness (QED) is 0.424. The lowest BCUT2D eigenvalue weighted by atomic mass is 10.0. The van der Waals surface area contributed by atoms with E-state index in [2.05, 4.69) is 20.5 Å². The Hall–Kier alpha value is -3.59. The molecule has 2 aromatic rings. The highest BCUT2D eigenvalue weighted by Gasteiger charge is 2.26. The number of nitrogens with zero attached hydrogens (tertiary/aromatic N) is 1. The summed E-state index contributed by atoms with van der Waals surface area (Å²) in [5.41, 5.74) is 14.7. The molecule has 2 aliphatic heterocycles. The van der Waals surface area contributed by atoms with Gasteiger partial charge in [-0.1, -0.05) is 6.42 Å². The molecule has 7 N–H and O–H groups in total. The number of anilines is 2. The van der Waals surface area contributed by atoms with Crippen molar-refractivity contribution >= 4 is 40.9 Å². The Morgan fingerprint density at radius 1 is 1.16 bits per heavy atom. The highest BCUT2D eigenvalue weighted by Crippen LogP contribution is 2.35. The molecule has 1 saturated heterocycles. The fraction of sp³-hybridized carbons (Fsp3) is 0.348. The predicted octanol–water partition coefficient (Wildman–Crippen LogP) is 2.52. The Kier molecular flexibility index (Phi) is 6.27. The second-order valence-corrected chi connectivity index (χ2v) is 8.23. The number of primary amides is 2. The molecule has 9 heteroatoms. The van der Waals surface area contributed by atoms with E-state index in [-0.39, 0.29) is 5.91 Å². The molecule has 4 amide bonds. The molecule has 4 rings (SSSR count). The molecule has 0 saturated carbocycles. The third-order valence-corrected chi connectivity index (χ3v) is 5.97. The Balaban J connectivity index is 1.57. The smallest absolute Gasteiger partial charge is 0.316 e. The van der Waals surface area contributed by atoms with Gasteiger partial charge >= 0.3 is 6.03 Å². The van der Waals surface area contributed by atoms with Gasteiger partial charge < -0.3 is 32.0 Å². The number of aryl methyl sites for hydroxylation is 1. The number of likely N-dealkylation sites (tertiary alicyclic amines) is 1. The van der Waals surface area contributed by atoms with Gasteiger partial charge in [0.1, 0.15) is 0 Å². The van der Waals surface area contributed by atoms with Crippen molar-refractivity contribution < 1.29 is 14.4 Å². The summed E-state index contributed by atoms with van der Waals surface area (Å²) < 4.78 is 0. The van der Waals surface area contributed by atoms with Crippen molar-refractivity contribution in [3.05, 3.63) is 46.8 Å². The van der Waals surface area contributed by atoms with E-state index in [1.807, 2.05) is 0 Å². The Morgan fingerprint density at radius 3 is 2.66 bits per heavy atom. The number of amides is 4. The van der Waals surface area contributed by atoms with Crippen LogP contribution in [0.5, 0.6) is 0 Å². The first kappa shape index (κ1) is 21.6. The molecule has 9 nitrogen and oxygen atoms in total. The zero-order chi connectivity index (χ0) is 22.7. The Bertz CT molecular complexity index is 1080. The lowest BCUT2D eigenvalue weighted by molar-refractivity contribution is -0.110. The van der Waals surface area contributed by atoms with Crippen LogP contribution < -0.4 is 22.1 Å². The molecule has 0 atom stereocenters. The van der Waals surface area contributed by atoms with Crippen LogP contribution in [0.25, 0.3) is 11.6 Å². The number of aromatic amines is 1. The van der Waals surface area contributed by atoms with E-state index in [4.69, 9.17) is 11.5 Å². The first-order chi connectivity index (χ1) is 15.4. The molecular weight excluding hydrogens is 408 g/mol. The van der Waals surface area contributed by atoms with Crippen molar-refractivity contribution in [2.24, 2.45) is 11.5 Å². The number of hydrogen-bond donors (Lipinski definition) is 5. The monoisotopic (exact) mass is 436 g/mol. The van der Waals surface area contributed by atoms with E-state index < -0.39 is 11.9 Å². The number of hydrogen-bond acceptors (Lipinski definition) is 4. The van der Waals surface area contributed by atoms with Gasteiger partial charge in [0.05, 0.1) is 16.8 Å². The fourth-order valence-electron chi connectivity index (χ4n) is 4.46. The Labute approximate surface area is 186 Å². The molecule has 0 unspecified atom stereocenters. The van der Waals surface area contributed by atoms with Gasteiger partial charge in [0, 0.05) is 23.1 Å². The minimum Gasteiger partial charge on any atom is -0.366 e. The standard InChI is InChI=1S/C23H28N6O3/c24-21(30)20-14(5-4-10-29-8-2-1-3-9-29)13-26-19(20)12-17-16-11-15(27-23(25)32)6-7-18(16)28-22(17)31/h6-7,11-13,26H,1-5,8-10H2,(H2,24,30)(H,28,31)(H3,25,27,32). The first-order valence-electron chi connectivity index (χ1n) is 10.9. The van der Waals surface area contributed by atoms with Crippen molar-refractivity contribution in [2.75, 3.05) is 30.3 Å². The van der Waals surface area contributed by atoms with E-state index in [9.17, 15) is 14.4 Å². The van der Waals surface area contributed by atoms with Crippen LogP contribution in [0.3, 0.4) is 0 Å². The number of nitrogens with two attached hydrogens (primary N) is 2. The normalized spacial score (nSPS) is 17.2. The molecule has 0 spiro atoms. The van der Waals surface area contributed by atoms with Crippen LogP contribution in [-0.4, -0.2) is 47.4 Å². The maximum Gasteiger partial charge on any atom is 0.316 e. The third-order valence-electron chi connectivity index (χ3n) is 5.97. The Morgan fingerprint density at radius 2 is 1.94 bits per heavy atom. The summed E-state index contributed by atoms with van der Waals surface area (Å²) in [5, 5.41) is 5.29. The molecule has 0 bridgehead atoms. The number of aromatic nitrogens is 1. The van der Waals surface area contributed by atoms with Gasteiger partial charge in [-0.2, -0.15) is 0 Å². The predicted molar refractivity (Wildman–Crippen MR) is 124 cm³/mol. The number of piperidine rings is 1. The van der Waals surface area contributed by atoms with E-state index >= 15 is 0 Å². The molecule has 1 aromatic heterocycles. The van der Waals surface area contributed by atoms with Crippen LogP contribution in [-0.2, 0) is 11.2 Å². The summed E-state index contributed by atoms with van der Waals surface area (Å²) in [6.07, 6.45) is 8.87. The third kappa shape index (κ3) is 4.67. The van der Waals surface area contributed by atoms with Crippen molar-refractivity contribution in [3.8, 4) is 0 Å². The van der Waals surface area contributed by atoms with Crippen LogP contribution in [0.15, 0.2) is 24.4 Å². The molecule has 0 radical (unpaired) electrons. The summed E-state index contributed by atoms with van der Waals surface area (Å²) in [6, 6.07) is 4.31. The van der Waals surface area contributed by atoms with Crippen LogP contribution >= 0.6 is 0 Å². The summed E-state index contributed by atoms with van der Waals surface area (Å²) in [5.74, 6) is -0.832. The van der Waals surface area contributed by atoms with Crippen molar-refractivity contribution in [1.82, 2.24) is 9.88 Å². The van der Waals surface area contributed by atoms with Crippen LogP contribution in [0, 0.1) is 0 Å². The number of carbonyl (C=O) groups excluding carboxylic acids is 3. The summed E-state index contributed by atoms with van der Waals surface area (Å²) in [6.45, 7) is 3.26. The number of benzene rings is 1. The molecule has 1 aromatic carbocycles. The largest absolute Gasteiger partial charge is 0.366 e. The van der Waals surface area contributed by atoms with Gasteiger partial charge in [0.25, 0.3) is 11.8 Å². The van der Waals surface area contributed by atoms with Gasteiger partial charge in [-0.3, -0.25) is 9.59 Å². The molecular formula is C23H28N6O3. The highest BCUT2D eigenvalue weighted by molar-refractivity contribution is 6.35. The number of nitrogens with one attached hydrogen (secondary N) is 3. The summed E-state index contributed by atoms with van der Waals surface area (Å²) >= 11 is 0. The number of rotatable bonds is 7. The van der Waals surface area contributed by atoms with Gasteiger partial charge in [0.2, 0.25) is 0 Å². The van der Waals surface area contributed by atoms with E-state index in [1.54, 1.807) is 30.5 Å². The molecule has 1 fully saturated rings. The van der Waals surface area contributed by atoms with Crippen molar-refractivity contribution in [2.45, 2.75) is 32.1 Å². The van der Waals surface area contributed by atoms with E-state index in [0.717, 1.165) is 38.0 Å². The minimum atomic E-state index is -0.692. The number of carbonyl (C=O) groups is 3. The number of urea groups is 1. The lowest BCUT2D eigenvalue weighted by Crippen LogP contribution is -2.30. The fourth-order valence-corrected chi connectivity index (χ4v) is 4.46. The number of H-pyrrole nitrogens is 1. The second-order valence-electron chi connectivity index (χ2n) is 8.23. The SMILES string of the molecule is NC(=O)Nc1ccc2c(c1)C(=Cc1[nH]cc(CCCN3CCCCC3)c1C(N)=O)C(=O)N2. The molecule has 32 heavy (non-hydrogen) atoms. The van der Waals surface area contributed by atoms with Gasteiger partial charge in [-0.25, -0.2) is 4.79 Å². The number of fused-ring (bicyclic) bond motifs is 1. The first-order valence-corrected chi connectivity index (χ1v) is 10.9. The van der Waals surface area contributed by atoms with Crippen molar-refractivity contribution in [3.63, 3.8) is 0 Å². The maximum atomic E-state index is 12.6.